The van der Waals surface area contributed by atoms with Gasteiger partial charge in [-0.3, -0.25) is 0 Å². The monoisotopic (exact) mass is 347 g/mol. The third kappa shape index (κ3) is 2.98. The minimum absolute atomic E-state index is 0.0224. The second-order valence-corrected chi connectivity index (χ2v) is 7.13. The summed E-state index contributed by atoms with van der Waals surface area (Å²) in [5.41, 5.74) is 2.54. The Morgan fingerprint density at radius 1 is 1.04 bits per heavy atom. The predicted molar refractivity (Wildman–Crippen MR) is 86.7 cm³/mol. The first kappa shape index (κ1) is 16.4. The van der Waals surface area contributed by atoms with Crippen molar-refractivity contribution in [3.05, 3.63) is 53.0 Å². The normalized spacial score (nSPS) is 11.8. The van der Waals surface area contributed by atoms with E-state index in [1.54, 1.807) is 13.8 Å². The van der Waals surface area contributed by atoms with Gasteiger partial charge in [0.25, 0.3) is 0 Å². The first-order valence-corrected chi connectivity index (χ1v) is 8.81. The van der Waals surface area contributed by atoms with Gasteiger partial charge in [0.1, 0.15) is 16.3 Å². The van der Waals surface area contributed by atoms with Crippen LogP contribution >= 0.6 is 0 Å². The highest BCUT2D eigenvalue weighted by Gasteiger charge is 2.25. The number of nitrogens with one attached hydrogen (secondary N) is 1. The number of hydrogen-bond donors (Lipinski definition) is 1. The number of aromatic nitrogens is 2. The van der Waals surface area contributed by atoms with E-state index in [0.29, 0.717) is 17.1 Å². The van der Waals surface area contributed by atoms with Crippen molar-refractivity contribution in [2.75, 3.05) is 0 Å². The van der Waals surface area contributed by atoms with E-state index in [-0.39, 0.29) is 17.2 Å². The van der Waals surface area contributed by atoms with Crippen LogP contribution in [0.2, 0.25) is 0 Å². The number of benzene rings is 1. The summed E-state index contributed by atoms with van der Waals surface area (Å²) in [4.78, 5) is 0.0620. The summed E-state index contributed by atoms with van der Waals surface area (Å²) in [7, 11) is -3.74. The van der Waals surface area contributed by atoms with Gasteiger partial charge in [-0.2, -0.15) is 0 Å². The van der Waals surface area contributed by atoms with E-state index in [0.717, 1.165) is 11.1 Å². The lowest BCUT2D eigenvalue weighted by Crippen LogP contribution is -2.24. The van der Waals surface area contributed by atoms with Crippen LogP contribution in [0.4, 0.5) is 0 Å². The number of aryl methyl sites for hydroxylation is 2. The maximum Gasteiger partial charge on any atom is 0.246 e. The van der Waals surface area contributed by atoms with E-state index in [9.17, 15) is 8.42 Å². The number of rotatable bonds is 5. The van der Waals surface area contributed by atoms with Gasteiger partial charge in [0.05, 0.1) is 6.54 Å². The van der Waals surface area contributed by atoms with Crippen LogP contribution in [0.25, 0.3) is 11.3 Å². The van der Waals surface area contributed by atoms with Crippen LogP contribution in [0, 0.1) is 20.8 Å². The van der Waals surface area contributed by atoms with Crippen molar-refractivity contribution in [1.82, 2.24) is 15.0 Å². The van der Waals surface area contributed by atoms with Crippen molar-refractivity contribution in [3.63, 3.8) is 0 Å². The van der Waals surface area contributed by atoms with Crippen molar-refractivity contribution < 1.29 is 17.5 Å². The van der Waals surface area contributed by atoms with Crippen LogP contribution in [0.15, 0.2) is 44.3 Å². The molecule has 0 bridgehead atoms. The Balaban J connectivity index is 1.82. The summed E-state index contributed by atoms with van der Waals surface area (Å²) >= 11 is 0. The molecule has 0 aliphatic heterocycles. The third-order valence-corrected chi connectivity index (χ3v) is 5.37. The molecule has 1 aromatic carbocycles. The third-order valence-electron chi connectivity index (χ3n) is 3.72. The molecular weight excluding hydrogens is 330 g/mol. The smallest absolute Gasteiger partial charge is 0.246 e. The highest BCUT2D eigenvalue weighted by atomic mass is 32.2. The van der Waals surface area contributed by atoms with Crippen LogP contribution in [0.5, 0.6) is 0 Å². The molecule has 0 fully saturated rings. The van der Waals surface area contributed by atoms with Gasteiger partial charge in [-0.1, -0.05) is 40.6 Å². The number of nitrogens with zero attached hydrogens (tertiary/aromatic N) is 2. The Kier molecular flexibility index (Phi) is 4.25. The van der Waals surface area contributed by atoms with Gasteiger partial charge >= 0.3 is 0 Å². The number of hydrogen-bond acceptors (Lipinski definition) is 6. The molecular formula is C16H17N3O4S. The van der Waals surface area contributed by atoms with E-state index in [1.165, 1.54) is 0 Å². The molecule has 1 N–H and O–H groups in total. The van der Waals surface area contributed by atoms with Crippen molar-refractivity contribution in [1.29, 1.82) is 0 Å². The van der Waals surface area contributed by atoms with E-state index in [2.05, 4.69) is 15.0 Å². The zero-order valence-electron chi connectivity index (χ0n) is 13.5. The molecule has 0 atom stereocenters. The highest BCUT2D eigenvalue weighted by Crippen LogP contribution is 2.26. The Morgan fingerprint density at radius 2 is 1.75 bits per heavy atom. The first-order chi connectivity index (χ1) is 11.4. The largest absolute Gasteiger partial charge is 0.360 e. The van der Waals surface area contributed by atoms with Crippen molar-refractivity contribution in [3.8, 4) is 11.3 Å². The summed E-state index contributed by atoms with van der Waals surface area (Å²) < 4.78 is 37.7. The van der Waals surface area contributed by atoms with Gasteiger partial charge in [0.15, 0.2) is 11.5 Å². The molecule has 0 saturated carbocycles. The molecule has 0 aliphatic carbocycles. The lowest BCUT2D eigenvalue weighted by Gasteiger charge is -2.04. The zero-order valence-corrected chi connectivity index (χ0v) is 14.3. The summed E-state index contributed by atoms with van der Waals surface area (Å²) in [5, 5.41) is 7.65. The van der Waals surface area contributed by atoms with E-state index in [4.69, 9.17) is 9.05 Å². The quantitative estimate of drug-likeness (QED) is 0.762. The molecule has 0 saturated heterocycles. The van der Waals surface area contributed by atoms with Gasteiger partial charge in [-0.15, -0.1) is 0 Å². The molecule has 126 valence electrons. The average Bonchev–Trinajstić information content (AvgIpc) is 3.09. The lowest BCUT2D eigenvalue weighted by molar-refractivity contribution is 0.390. The fraction of sp³-hybridized carbons (Fsp3) is 0.250. The molecule has 24 heavy (non-hydrogen) atoms. The molecule has 7 nitrogen and oxygen atoms in total. The molecule has 2 aromatic heterocycles. The first-order valence-electron chi connectivity index (χ1n) is 7.33. The van der Waals surface area contributed by atoms with Crippen LogP contribution in [0.3, 0.4) is 0 Å². The standard InChI is InChI=1S/C16H17N3O4S/c1-10-14(19-23-15(10)13-7-5-4-6-8-13)9-17-24(20,21)16-11(2)18-22-12(16)3/h4-8,17H,9H2,1-3H3. The molecule has 0 amide bonds. The molecule has 8 heteroatoms. The Bertz CT molecular complexity index is 939. The maximum absolute atomic E-state index is 12.4. The van der Waals surface area contributed by atoms with Crippen LogP contribution in [-0.2, 0) is 16.6 Å². The van der Waals surface area contributed by atoms with Gasteiger partial charge < -0.3 is 9.05 Å². The van der Waals surface area contributed by atoms with Gasteiger partial charge in [-0.05, 0) is 20.8 Å². The SMILES string of the molecule is Cc1noc(C)c1S(=O)(=O)NCc1noc(-c2ccccc2)c1C. The zero-order chi connectivity index (χ0) is 17.3. The summed E-state index contributed by atoms with van der Waals surface area (Å²) in [6.07, 6.45) is 0. The Hall–Kier alpha value is -2.45. The molecule has 0 spiro atoms. The van der Waals surface area contributed by atoms with Crippen molar-refractivity contribution in [2.24, 2.45) is 0 Å². The van der Waals surface area contributed by atoms with Crippen LogP contribution in [0.1, 0.15) is 22.7 Å². The summed E-state index contributed by atoms with van der Waals surface area (Å²) in [5.74, 6) is 0.879. The van der Waals surface area contributed by atoms with Gasteiger partial charge in [-0.25, -0.2) is 13.1 Å². The van der Waals surface area contributed by atoms with Crippen molar-refractivity contribution in [2.45, 2.75) is 32.2 Å². The number of sulfonamides is 1. The predicted octanol–water partition coefficient (Wildman–Crippen LogP) is 2.73. The molecule has 0 aliphatic rings. The molecule has 3 aromatic rings. The van der Waals surface area contributed by atoms with E-state index >= 15 is 0 Å². The minimum atomic E-state index is -3.74. The van der Waals surface area contributed by atoms with Gasteiger partial charge in [0, 0.05) is 11.1 Å². The minimum Gasteiger partial charge on any atom is -0.360 e. The summed E-state index contributed by atoms with van der Waals surface area (Å²) in [6.45, 7) is 5.01. The maximum atomic E-state index is 12.4. The molecule has 0 unspecified atom stereocenters. The second-order valence-electron chi connectivity index (χ2n) is 5.43. The van der Waals surface area contributed by atoms with Crippen LogP contribution in [-0.4, -0.2) is 18.7 Å². The fourth-order valence-corrected chi connectivity index (χ4v) is 3.80. The molecule has 0 radical (unpaired) electrons. The molecule has 2 heterocycles. The highest BCUT2D eigenvalue weighted by molar-refractivity contribution is 7.89. The fourth-order valence-electron chi connectivity index (χ4n) is 2.49. The van der Waals surface area contributed by atoms with E-state index in [1.807, 2.05) is 37.3 Å². The topological polar surface area (TPSA) is 98.2 Å². The Labute approximate surface area is 139 Å². The lowest BCUT2D eigenvalue weighted by atomic mass is 10.1. The second kappa shape index (κ2) is 6.21. The molecule has 3 rings (SSSR count). The van der Waals surface area contributed by atoms with Crippen LogP contribution < -0.4 is 4.72 Å². The summed E-state index contributed by atoms with van der Waals surface area (Å²) in [6, 6.07) is 9.53. The van der Waals surface area contributed by atoms with Gasteiger partial charge in [0.2, 0.25) is 10.0 Å². The van der Waals surface area contributed by atoms with E-state index < -0.39 is 10.0 Å². The van der Waals surface area contributed by atoms with Crippen molar-refractivity contribution >= 4 is 10.0 Å². The average molecular weight is 347 g/mol. The Morgan fingerprint density at radius 3 is 2.38 bits per heavy atom.